The topological polar surface area (TPSA) is 122 Å². The predicted molar refractivity (Wildman–Crippen MR) is 131 cm³/mol. The molecular weight excluding hydrogens is 480 g/mol. The zero-order valence-electron chi connectivity index (χ0n) is 18.3. The Labute approximate surface area is 201 Å². The fourth-order valence-electron chi connectivity index (χ4n) is 3.11. The number of nitro groups is 1. The molecule has 0 aliphatic rings. The molecule has 0 atom stereocenters. The fraction of sp³-hybridized carbons (Fsp3) is 0.130. The number of sulfonamides is 1. The van der Waals surface area contributed by atoms with Crippen molar-refractivity contribution in [1.82, 2.24) is 5.43 Å². The van der Waals surface area contributed by atoms with E-state index in [2.05, 4.69) is 10.5 Å². The van der Waals surface area contributed by atoms with Crippen LogP contribution in [0.3, 0.4) is 0 Å². The minimum absolute atomic E-state index is 0.0376. The van der Waals surface area contributed by atoms with Crippen LogP contribution in [-0.4, -0.2) is 32.0 Å². The monoisotopic (exact) mass is 500 g/mol. The molecule has 0 bridgehead atoms. The van der Waals surface area contributed by atoms with E-state index in [1.165, 1.54) is 30.3 Å². The van der Waals surface area contributed by atoms with Crippen molar-refractivity contribution in [2.45, 2.75) is 18.7 Å². The van der Waals surface area contributed by atoms with Gasteiger partial charge in [0.15, 0.2) is 0 Å². The lowest BCUT2D eigenvalue weighted by atomic mass is 10.1. The molecule has 176 valence electrons. The molecule has 0 unspecified atom stereocenters. The largest absolute Gasteiger partial charge is 0.271 e. The maximum atomic E-state index is 13.4. The van der Waals surface area contributed by atoms with Crippen LogP contribution in [0.2, 0.25) is 5.02 Å². The average molecular weight is 501 g/mol. The number of carbonyl (C=O) groups excluding carboxylic acids is 1. The van der Waals surface area contributed by atoms with Crippen molar-refractivity contribution in [3.8, 4) is 0 Å². The molecule has 11 heteroatoms. The number of non-ortho nitro benzene ring substituents is 1. The highest BCUT2D eigenvalue weighted by Crippen LogP contribution is 2.28. The van der Waals surface area contributed by atoms with Crippen LogP contribution in [0.1, 0.15) is 16.7 Å². The summed E-state index contributed by atoms with van der Waals surface area (Å²) >= 11 is 6.03. The number of amides is 1. The summed E-state index contributed by atoms with van der Waals surface area (Å²) in [5.74, 6) is -0.710. The number of hydrogen-bond acceptors (Lipinski definition) is 6. The molecule has 1 N–H and O–H groups in total. The van der Waals surface area contributed by atoms with Crippen molar-refractivity contribution >= 4 is 45.1 Å². The Bertz CT molecular complexity index is 1360. The van der Waals surface area contributed by atoms with E-state index >= 15 is 0 Å². The van der Waals surface area contributed by atoms with E-state index in [-0.39, 0.29) is 21.2 Å². The first-order chi connectivity index (χ1) is 16.1. The quantitative estimate of drug-likeness (QED) is 0.282. The first kappa shape index (κ1) is 24.9. The molecule has 0 aliphatic carbocycles. The normalized spacial score (nSPS) is 11.4. The van der Waals surface area contributed by atoms with Crippen LogP contribution in [-0.2, 0) is 14.8 Å². The fourth-order valence-corrected chi connectivity index (χ4v) is 4.77. The van der Waals surface area contributed by atoms with E-state index in [1.807, 2.05) is 13.0 Å². The van der Waals surface area contributed by atoms with Gasteiger partial charge in [-0.2, -0.15) is 5.10 Å². The van der Waals surface area contributed by atoms with Gasteiger partial charge in [0, 0.05) is 22.7 Å². The Kier molecular flexibility index (Phi) is 7.64. The number of carbonyl (C=O) groups is 1. The van der Waals surface area contributed by atoms with Gasteiger partial charge < -0.3 is 0 Å². The summed E-state index contributed by atoms with van der Waals surface area (Å²) in [5, 5.41) is 14.9. The highest BCUT2D eigenvalue weighted by Gasteiger charge is 2.28. The van der Waals surface area contributed by atoms with Gasteiger partial charge in [-0.15, -0.1) is 0 Å². The maximum Gasteiger partial charge on any atom is 0.270 e. The van der Waals surface area contributed by atoms with Gasteiger partial charge in [0.2, 0.25) is 0 Å². The molecule has 9 nitrogen and oxygen atoms in total. The van der Waals surface area contributed by atoms with E-state index < -0.39 is 27.4 Å². The summed E-state index contributed by atoms with van der Waals surface area (Å²) in [4.78, 5) is 23.1. The molecule has 0 saturated carbocycles. The van der Waals surface area contributed by atoms with Crippen molar-refractivity contribution in [3.63, 3.8) is 0 Å². The van der Waals surface area contributed by atoms with Crippen LogP contribution in [0.25, 0.3) is 0 Å². The zero-order valence-corrected chi connectivity index (χ0v) is 19.9. The van der Waals surface area contributed by atoms with Crippen LogP contribution >= 0.6 is 11.6 Å². The van der Waals surface area contributed by atoms with E-state index in [1.54, 1.807) is 37.3 Å². The van der Waals surface area contributed by atoms with E-state index in [0.29, 0.717) is 11.3 Å². The number of nitro benzene ring substituents is 1. The minimum atomic E-state index is -4.06. The van der Waals surface area contributed by atoms with Crippen molar-refractivity contribution in [2.24, 2.45) is 5.10 Å². The lowest BCUT2D eigenvalue weighted by Crippen LogP contribution is -2.40. The molecule has 0 aliphatic heterocycles. The molecule has 0 saturated heterocycles. The first-order valence-electron chi connectivity index (χ1n) is 10.0. The average Bonchev–Trinajstić information content (AvgIpc) is 2.81. The van der Waals surface area contributed by atoms with E-state index in [4.69, 9.17) is 11.6 Å². The summed E-state index contributed by atoms with van der Waals surface area (Å²) in [6.45, 7) is 3.08. The highest BCUT2D eigenvalue weighted by molar-refractivity contribution is 7.92. The van der Waals surface area contributed by atoms with Crippen molar-refractivity contribution in [1.29, 1.82) is 0 Å². The van der Waals surface area contributed by atoms with Gasteiger partial charge in [0.1, 0.15) is 6.54 Å². The number of benzene rings is 3. The smallest absolute Gasteiger partial charge is 0.270 e. The number of nitrogens with zero attached hydrogens (tertiary/aromatic N) is 3. The van der Waals surface area contributed by atoms with Crippen LogP contribution in [0.15, 0.2) is 76.7 Å². The lowest BCUT2D eigenvalue weighted by molar-refractivity contribution is -0.384. The molecule has 0 spiro atoms. The Balaban J connectivity index is 1.88. The van der Waals surface area contributed by atoms with Crippen LogP contribution in [0.5, 0.6) is 0 Å². The number of nitrogens with one attached hydrogen (secondary N) is 1. The molecule has 3 aromatic carbocycles. The van der Waals surface area contributed by atoms with Crippen molar-refractivity contribution in [3.05, 3.63) is 98.6 Å². The Hall–Kier alpha value is -3.76. The van der Waals surface area contributed by atoms with Crippen LogP contribution in [0.4, 0.5) is 11.4 Å². The molecule has 1 amide bonds. The predicted octanol–water partition coefficient (Wildman–Crippen LogP) is 4.21. The Morgan fingerprint density at radius 1 is 1.12 bits per heavy atom. The summed E-state index contributed by atoms with van der Waals surface area (Å²) in [6, 6.07) is 16.8. The molecular formula is C23H21ClN4O5S. The SMILES string of the molecule is Cc1cccc(N(CC(=O)N/N=C/c2cc([N+](=O)[O-])ccc2Cl)S(=O)(=O)c2ccccc2)c1C. The van der Waals surface area contributed by atoms with Crippen LogP contribution < -0.4 is 9.73 Å². The summed E-state index contributed by atoms with van der Waals surface area (Å²) in [5.41, 5.74) is 4.24. The third-order valence-corrected chi connectivity index (χ3v) is 7.16. The van der Waals surface area contributed by atoms with Gasteiger partial charge in [0.05, 0.1) is 21.7 Å². The number of halogens is 1. The maximum absolute atomic E-state index is 13.4. The summed E-state index contributed by atoms with van der Waals surface area (Å²) < 4.78 is 27.8. The number of rotatable bonds is 8. The molecule has 34 heavy (non-hydrogen) atoms. The third-order valence-electron chi connectivity index (χ3n) is 5.05. The van der Waals surface area contributed by atoms with Gasteiger partial charge in [-0.25, -0.2) is 13.8 Å². The second-order valence-electron chi connectivity index (χ2n) is 7.30. The Morgan fingerprint density at radius 3 is 2.50 bits per heavy atom. The van der Waals surface area contributed by atoms with E-state index in [9.17, 15) is 23.3 Å². The Morgan fingerprint density at radius 2 is 1.82 bits per heavy atom. The number of anilines is 1. The third kappa shape index (κ3) is 5.59. The zero-order chi connectivity index (χ0) is 24.9. The van der Waals surface area contributed by atoms with Gasteiger partial charge in [0.25, 0.3) is 21.6 Å². The minimum Gasteiger partial charge on any atom is -0.271 e. The number of hydrazone groups is 1. The summed E-state index contributed by atoms with van der Waals surface area (Å²) in [6.07, 6.45) is 1.15. The van der Waals surface area contributed by atoms with Gasteiger partial charge in [-0.3, -0.25) is 19.2 Å². The molecule has 3 rings (SSSR count). The van der Waals surface area contributed by atoms with E-state index in [0.717, 1.165) is 16.1 Å². The van der Waals surface area contributed by atoms with Gasteiger partial charge >= 0.3 is 0 Å². The molecule has 0 heterocycles. The summed E-state index contributed by atoms with van der Waals surface area (Å²) in [7, 11) is -4.06. The molecule has 0 radical (unpaired) electrons. The number of hydrogen-bond donors (Lipinski definition) is 1. The number of aryl methyl sites for hydroxylation is 1. The lowest BCUT2D eigenvalue weighted by Gasteiger charge is -2.26. The van der Waals surface area contributed by atoms with Crippen molar-refractivity contribution in [2.75, 3.05) is 10.8 Å². The van der Waals surface area contributed by atoms with Crippen molar-refractivity contribution < 1.29 is 18.1 Å². The highest BCUT2D eigenvalue weighted by atomic mass is 35.5. The van der Waals surface area contributed by atoms with Gasteiger partial charge in [-0.05, 0) is 49.2 Å². The molecule has 0 fully saturated rings. The molecule has 3 aromatic rings. The van der Waals surface area contributed by atoms with Gasteiger partial charge in [-0.1, -0.05) is 41.9 Å². The standard InChI is InChI=1S/C23H21ClN4O5S/c1-16-7-6-10-22(17(16)2)27(34(32,33)20-8-4-3-5-9-20)15-23(29)26-25-14-18-13-19(28(30)31)11-12-21(18)24/h3-14H,15H2,1-2H3,(H,26,29)/b25-14+. The molecule has 0 aromatic heterocycles. The second-order valence-corrected chi connectivity index (χ2v) is 9.57. The van der Waals surface area contributed by atoms with Crippen LogP contribution in [0, 0.1) is 24.0 Å². The first-order valence-corrected chi connectivity index (χ1v) is 11.8. The second kappa shape index (κ2) is 10.4.